The first-order valence-corrected chi connectivity index (χ1v) is 7.57. The molecule has 2 aromatic rings. The molecule has 0 saturated heterocycles. The van der Waals surface area contributed by atoms with Gasteiger partial charge in [-0.15, -0.1) is 0 Å². The maximum absolute atomic E-state index is 12.3. The van der Waals surface area contributed by atoms with E-state index >= 15 is 0 Å². The fourth-order valence-corrected chi connectivity index (χ4v) is 3.22. The number of fused-ring (bicyclic) bond motifs is 1. The van der Waals surface area contributed by atoms with Crippen LogP contribution in [0.1, 0.15) is 29.7 Å². The minimum Gasteiger partial charge on any atom is -0.497 e. The van der Waals surface area contributed by atoms with Crippen LogP contribution in [0.4, 0.5) is 0 Å². The SMILES string of the molecule is COc1cccc(Cn2c3c(c(=S)[nH]c2=O)CCCC3)c1. The van der Waals surface area contributed by atoms with Crippen molar-refractivity contribution in [2.45, 2.75) is 32.2 Å². The Morgan fingerprint density at radius 1 is 1.33 bits per heavy atom. The van der Waals surface area contributed by atoms with Crippen molar-refractivity contribution in [1.29, 1.82) is 0 Å². The third kappa shape index (κ3) is 2.78. The van der Waals surface area contributed by atoms with Crippen LogP contribution >= 0.6 is 12.2 Å². The summed E-state index contributed by atoms with van der Waals surface area (Å²) in [5, 5.41) is 0. The van der Waals surface area contributed by atoms with Crippen LogP contribution in [0, 0.1) is 4.64 Å². The molecule has 0 amide bonds. The van der Waals surface area contributed by atoms with Gasteiger partial charge in [0.1, 0.15) is 10.4 Å². The molecular formula is C16H18N2O2S. The van der Waals surface area contributed by atoms with Crippen molar-refractivity contribution in [3.63, 3.8) is 0 Å². The first-order chi connectivity index (χ1) is 10.2. The molecule has 1 aliphatic rings. The summed E-state index contributed by atoms with van der Waals surface area (Å²) in [7, 11) is 1.65. The summed E-state index contributed by atoms with van der Waals surface area (Å²) in [5.74, 6) is 0.804. The lowest BCUT2D eigenvalue weighted by molar-refractivity contribution is 0.414. The molecule has 0 saturated carbocycles. The standard InChI is InChI=1S/C16H18N2O2S/c1-20-12-6-4-5-11(9-12)10-18-14-8-3-2-7-13(14)15(21)17-16(18)19/h4-6,9H,2-3,7-8,10H2,1H3,(H,17,19,21). The molecule has 0 aliphatic heterocycles. The van der Waals surface area contributed by atoms with E-state index in [0.29, 0.717) is 11.2 Å². The van der Waals surface area contributed by atoms with Gasteiger partial charge in [-0.1, -0.05) is 24.4 Å². The second-order valence-electron chi connectivity index (χ2n) is 5.33. The molecule has 0 radical (unpaired) electrons. The van der Waals surface area contributed by atoms with Gasteiger partial charge in [0.25, 0.3) is 0 Å². The van der Waals surface area contributed by atoms with E-state index in [0.717, 1.165) is 48.3 Å². The molecule has 1 N–H and O–H groups in total. The van der Waals surface area contributed by atoms with Crippen LogP contribution in [0.5, 0.6) is 5.75 Å². The summed E-state index contributed by atoms with van der Waals surface area (Å²) >= 11 is 5.30. The van der Waals surface area contributed by atoms with E-state index in [4.69, 9.17) is 17.0 Å². The van der Waals surface area contributed by atoms with E-state index < -0.39 is 0 Å². The van der Waals surface area contributed by atoms with E-state index in [9.17, 15) is 4.79 Å². The van der Waals surface area contributed by atoms with Crippen LogP contribution in [-0.4, -0.2) is 16.7 Å². The summed E-state index contributed by atoms with van der Waals surface area (Å²) < 4.78 is 7.67. The number of hydrogen-bond donors (Lipinski definition) is 1. The van der Waals surface area contributed by atoms with E-state index in [1.807, 2.05) is 28.8 Å². The Morgan fingerprint density at radius 3 is 2.95 bits per heavy atom. The zero-order valence-electron chi connectivity index (χ0n) is 12.0. The van der Waals surface area contributed by atoms with Gasteiger partial charge in [0.2, 0.25) is 0 Å². The Kier molecular flexibility index (Phi) is 3.92. The van der Waals surface area contributed by atoms with Gasteiger partial charge in [-0.05, 0) is 43.4 Å². The molecule has 4 nitrogen and oxygen atoms in total. The number of ether oxygens (including phenoxy) is 1. The monoisotopic (exact) mass is 302 g/mol. The lowest BCUT2D eigenvalue weighted by Gasteiger charge is -2.20. The Labute approximate surface area is 128 Å². The number of benzene rings is 1. The number of H-pyrrole nitrogens is 1. The molecule has 21 heavy (non-hydrogen) atoms. The topological polar surface area (TPSA) is 47.0 Å². The van der Waals surface area contributed by atoms with Crippen molar-refractivity contribution >= 4 is 12.2 Å². The maximum atomic E-state index is 12.3. The van der Waals surface area contributed by atoms with Gasteiger partial charge in [0, 0.05) is 11.3 Å². The molecule has 1 aliphatic carbocycles. The molecular weight excluding hydrogens is 284 g/mol. The molecule has 0 spiro atoms. The van der Waals surface area contributed by atoms with E-state index in [1.54, 1.807) is 7.11 Å². The molecule has 1 aromatic carbocycles. The number of nitrogens with zero attached hydrogens (tertiary/aromatic N) is 1. The van der Waals surface area contributed by atoms with Gasteiger partial charge < -0.3 is 4.74 Å². The Balaban J connectivity index is 2.06. The van der Waals surface area contributed by atoms with Gasteiger partial charge in [-0.25, -0.2) is 4.79 Å². The zero-order valence-corrected chi connectivity index (χ0v) is 12.8. The average Bonchev–Trinajstić information content (AvgIpc) is 2.51. The van der Waals surface area contributed by atoms with Crippen LogP contribution in [0.25, 0.3) is 0 Å². The number of hydrogen-bond acceptors (Lipinski definition) is 3. The minimum atomic E-state index is -0.122. The third-order valence-electron chi connectivity index (χ3n) is 3.98. The molecule has 110 valence electrons. The number of methoxy groups -OCH3 is 1. The zero-order chi connectivity index (χ0) is 14.8. The summed E-state index contributed by atoms with van der Waals surface area (Å²) in [6, 6.07) is 7.81. The first-order valence-electron chi connectivity index (χ1n) is 7.17. The van der Waals surface area contributed by atoms with Crippen molar-refractivity contribution in [3.05, 3.63) is 56.2 Å². The largest absolute Gasteiger partial charge is 0.497 e. The normalized spacial score (nSPS) is 13.8. The molecule has 1 heterocycles. The highest BCUT2D eigenvalue weighted by Crippen LogP contribution is 2.21. The third-order valence-corrected chi connectivity index (χ3v) is 4.33. The predicted octanol–water partition coefficient (Wildman–Crippen LogP) is 2.84. The molecule has 0 unspecified atom stereocenters. The fourth-order valence-electron chi connectivity index (χ4n) is 2.92. The highest BCUT2D eigenvalue weighted by molar-refractivity contribution is 7.71. The summed E-state index contributed by atoms with van der Waals surface area (Å²) in [5.41, 5.74) is 3.16. The Morgan fingerprint density at radius 2 is 2.14 bits per heavy atom. The van der Waals surface area contributed by atoms with Gasteiger partial charge in [0.05, 0.1) is 13.7 Å². The van der Waals surface area contributed by atoms with Gasteiger partial charge in [-0.2, -0.15) is 0 Å². The highest BCUT2D eigenvalue weighted by Gasteiger charge is 2.16. The molecule has 1 aromatic heterocycles. The Bertz CT molecular complexity index is 777. The van der Waals surface area contributed by atoms with Gasteiger partial charge in [-0.3, -0.25) is 9.55 Å². The quantitative estimate of drug-likeness (QED) is 0.887. The van der Waals surface area contributed by atoms with E-state index in [2.05, 4.69) is 4.98 Å². The molecule has 5 heteroatoms. The van der Waals surface area contributed by atoms with Crippen molar-refractivity contribution < 1.29 is 4.74 Å². The van der Waals surface area contributed by atoms with Crippen LogP contribution in [0.15, 0.2) is 29.1 Å². The number of aromatic nitrogens is 2. The number of nitrogens with one attached hydrogen (secondary N) is 1. The van der Waals surface area contributed by atoms with Crippen LogP contribution < -0.4 is 10.4 Å². The van der Waals surface area contributed by atoms with E-state index in [1.165, 1.54) is 0 Å². The van der Waals surface area contributed by atoms with Crippen LogP contribution in [-0.2, 0) is 19.4 Å². The second-order valence-corrected chi connectivity index (χ2v) is 5.74. The lowest BCUT2D eigenvalue weighted by atomic mass is 9.97. The number of rotatable bonds is 3. The minimum absolute atomic E-state index is 0.122. The maximum Gasteiger partial charge on any atom is 0.327 e. The smallest absolute Gasteiger partial charge is 0.327 e. The average molecular weight is 302 g/mol. The summed E-state index contributed by atoms with van der Waals surface area (Å²) in [6.45, 7) is 0.546. The van der Waals surface area contributed by atoms with Crippen molar-refractivity contribution in [1.82, 2.24) is 9.55 Å². The van der Waals surface area contributed by atoms with Crippen LogP contribution in [0.2, 0.25) is 0 Å². The lowest BCUT2D eigenvalue weighted by Crippen LogP contribution is -2.30. The van der Waals surface area contributed by atoms with Crippen molar-refractivity contribution in [2.75, 3.05) is 7.11 Å². The summed E-state index contributed by atoms with van der Waals surface area (Å²) in [6.07, 6.45) is 4.14. The van der Waals surface area contributed by atoms with E-state index in [-0.39, 0.29) is 5.69 Å². The molecule has 0 atom stereocenters. The predicted molar refractivity (Wildman–Crippen MR) is 84.6 cm³/mol. The first kappa shape index (κ1) is 14.1. The van der Waals surface area contributed by atoms with Gasteiger partial charge in [0.15, 0.2) is 0 Å². The number of aromatic amines is 1. The second kappa shape index (κ2) is 5.85. The highest BCUT2D eigenvalue weighted by atomic mass is 32.1. The van der Waals surface area contributed by atoms with Crippen LogP contribution in [0.3, 0.4) is 0 Å². The summed E-state index contributed by atoms with van der Waals surface area (Å²) in [4.78, 5) is 15.1. The molecule has 0 fully saturated rings. The fraction of sp³-hybridized carbons (Fsp3) is 0.375. The Hall–Kier alpha value is -1.88. The van der Waals surface area contributed by atoms with Crippen molar-refractivity contribution in [2.24, 2.45) is 0 Å². The van der Waals surface area contributed by atoms with Gasteiger partial charge >= 0.3 is 5.69 Å². The molecule has 3 rings (SSSR count). The van der Waals surface area contributed by atoms with Crippen molar-refractivity contribution in [3.8, 4) is 5.75 Å². The molecule has 0 bridgehead atoms.